The molecule has 2 aliphatic rings. The SMILES string of the molecule is CSCC[C@@H](C(=O)O)N(c1ccccc1)N1CC(C)OC2(CCN(Cc3ccccc3)CC2)C1. The first-order valence-corrected chi connectivity index (χ1v) is 13.6. The van der Waals surface area contributed by atoms with Crippen LogP contribution >= 0.6 is 11.8 Å². The van der Waals surface area contributed by atoms with Crippen LogP contribution in [0.1, 0.15) is 31.7 Å². The Morgan fingerprint density at radius 2 is 1.79 bits per heavy atom. The van der Waals surface area contributed by atoms with Crippen molar-refractivity contribution in [2.24, 2.45) is 0 Å². The summed E-state index contributed by atoms with van der Waals surface area (Å²) in [6.07, 6.45) is 4.56. The third-order valence-corrected chi connectivity index (χ3v) is 7.55. The first-order valence-electron chi connectivity index (χ1n) is 12.2. The molecule has 0 aromatic heterocycles. The van der Waals surface area contributed by atoms with Crippen LogP contribution in [0, 0.1) is 0 Å². The highest BCUT2D eigenvalue weighted by molar-refractivity contribution is 7.98. The number of hydrogen-bond donors (Lipinski definition) is 1. The predicted molar refractivity (Wildman–Crippen MR) is 139 cm³/mol. The number of piperidine rings is 1. The minimum Gasteiger partial charge on any atom is -0.480 e. The normalized spacial score (nSPS) is 21.9. The van der Waals surface area contributed by atoms with Gasteiger partial charge in [0.25, 0.3) is 0 Å². The highest BCUT2D eigenvalue weighted by Gasteiger charge is 2.45. The average Bonchev–Trinajstić information content (AvgIpc) is 2.84. The average molecular weight is 484 g/mol. The third kappa shape index (κ3) is 6.13. The van der Waals surface area contributed by atoms with Gasteiger partial charge >= 0.3 is 5.97 Å². The topological polar surface area (TPSA) is 56.3 Å². The molecule has 34 heavy (non-hydrogen) atoms. The molecule has 1 spiro atoms. The number of hydrogen-bond acceptors (Lipinski definition) is 6. The van der Waals surface area contributed by atoms with E-state index in [1.165, 1.54) is 5.56 Å². The maximum Gasteiger partial charge on any atom is 0.327 e. The van der Waals surface area contributed by atoms with Gasteiger partial charge in [-0.1, -0.05) is 48.5 Å². The molecule has 4 rings (SSSR count). The molecule has 1 unspecified atom stereocenters. The molecule has 7 heteroatoms. The summed E-state index contributed by atoms with van der Waals surface area (Å²) in [6.45, 7) is 6.44. The van der Waals surface area contributed by atoms with E-state index in [9.17, 15) is 9.90 Å². The number of nitrogens with zero attached hydrogens (tertiary/aromatic N) is 3. The van der Waals surface area contributed by atoms with Crippen LogP contribution in [0.25, 0.3) is 0 Å². The summed E-state index contributed by atoms with van der Waals surface area (Å²) < 4.78 is 6.60. The molecule has 184 valence electrons. The maximum absolute atomic E-state index is 12.4. The zero-order chi connectivity index (χ0) is 24.0. The van der Waals surface area contributed by atoms with Gasteiger partial charge in [-0.05, 0) is 55.9 Å². The quantitative estimate of drug-likeness (QED) is 0.568. The second kappa shape index (κ2) is 11.6. The molecule has 2 aromatic carbocycles. The van der Waals surface area contributed by atoms with Gasteiger partial charge in [-0.15, -0.1) is 0 Å². The van der Waals surface area contributed by atoms with Gasteiger partial charge < -0.3 is 9.84 Å². The smallest absolute Gasteiger partial charge is 0.327 e. The van der Waals surface area contributed by atoms with Crippen LogP contribution < -0.4 is 5.01 Å². The zero-order valence-electron chi connectivity index (χ0n) is 20.3. The molecule has 2 aliphatic heterocycles. The van der Waals surface area contributed by atoms with E-state index in [0.29, 0.717) is 19.5 Å². The Morgan fingerprint density at radius 3 is 2.41 bits per heavy atom. The lowest BCUT2D eigenvalue weighted by atomic mass is 9.88. The van der Waals surface area contributed by atoms with Gasteiger partial charge in [0.2, 0.25) is 0 Å². The molecule has 1 N–H and O–H groups in total. The fourth-order valence-corrected chi connectivity index (χ4v) is 5.76. The molecule has 0 radical (unpaired) electrons. The van der Waals surface area contributed by atoms with Crippen molar-refractivity contribution in [3.05, 3.63) is 66.2 Å². The largest absolute Gasteiger partial charge is 0.480 e. The van der Waals surface area contributed by atoms with Gasteiger partial charge in [-0.2, -0.15) is 11.8 Å². The van der Waals surface area contributed by atoms with E-state index in [1.54, 1.807) is 11.8 Å². The summed E-state index contributed by atoms with van der Waals surface area (Å²) in [5.41, 5.74) is 2.02. The van der Waals surface area contributed by atoms with Crippen molar-refractivity contribution in [3.8, 4) is 0 Å². The van der Waals surface area contributed by atoms with Crippen molar-refractivity contribution in [3.63, 3.8) is 0 Å². The number of benzene rings is 2. The number of carboxylic acid groups (broad SMARTS) is 1. The van der Waals surface area contributed by atoms with Crippen molar-refractivity contribution in [2.45, 2.75) is 50.5 Å². The number of hydrazine groups is 1. The first-order chi connectivity index (χ1) is 16.5. The molecule has 0 aliphatic carbocycles. The number of rotatable bonds is 9. The number of carbonyl (C=O) groups is 1. The molecular weight excluding hydrogens is 446 g/mol. The van der Waals surface area contributed by atoms with E-state index >= 15 is 0 Å². The van der Waals surface area contributed by atoms with Gasteiger partial charge in [0.05, 0.1) is 17.4 Å². The van der Waals surface area contributed by atoms with Crippen molar-refractivity contribution >= 4 is 23.4 Å². The third-order valence-electron chi connectivity index (χ3n) is 6.91. The summed E-state index contributed by atoms with van der Waals surface area (Å²) in [5.74, 6) is 0.0311. The van der Waals surface area contributed by atoms with Crippen LogP contribution in [0.5, 0.6) is 0 Å². The van der Waals surface area contributed by atoms with Crippen molar-refractivity contribution < 1.29 is 14.6 Å². The number of para-hydroxylation sites is 1. The Labute approximate surface area is 207 Å². The van der Waals surface area contributed by atoms with Gasteiger partial charge in [0, 0.05) is 32.7 Å². The molecule has 2 saturated heterocycles. The van der Waals surface area contributed by atoms with Crippen molar-refractivity contribution in [2.75, 3.05) is 43.2 Å². The van der Waals surface area contributed by atoms with Gasteiger partial charge in [0.15, 0.2) is 0 Å². The maximum atomic E-state index is 12.4. The van der Waals surface area contributed by atoms with E-state index in [-0.39, 0.29) is 11.7 Å². The van der Waals surface area contributed by atoms with Gasteiger partial charge in [-0.25, -0.2) is 9.80 Å². The van der Waals surface area contributed by atoms with Crippen LogP contribution in [0.4, 0.5) is 5.69 Å². The number of likely N-dealkylation sites (tertiary alicyclic amines) is 1. The number of thioether (sulfide) groups is 1. The van der Waals surface area contributed by atoms with Crippen LogP contribution in [0.2, 0.25) is 0 Å². The van der Waals surface area contributed by atoms with E-state index in [4.69, 9.17) is 4.74 Å². The fourth-order valence-electron chi connectivity index (χ4n) is 5.30. The van der Waals surface area contributed by atoms with E-state index < -0.39 is 12.0 Å². The molecule has 2 fully saturated rings. The van der Waals surface area contributed by atoms with Gasteiger partial charge in [-0.3, -0.25) is 9.91 Å². The number of morpholine rings is 1. The van der Waals surface area contributed by atoms with Crippen molar-refractivity contribution in [1.82, 2.24) is 9.91 Å². The lowest BCUT2D eigenvalue weighted by Crippen LogP contribution is -2.65. The number of carboxylic acids is 1. The molecule has 2 heterocycles. The highest BCUT2D eigenvalue weighted by atomic mass is 32.2. The number of aliphatic carboxylic acids is 1. The second-order valence-electron chi connectivity index (χ2n) is 9.54. The summed E-state index contributed by atoms with van der Waals surface area (Å²) in [6, 6.07) is 20.0. The molecule has 6 nitrogen and oxygen atoms in total. The van der Waals surface area contributed by atoms with Crippen molar-refractivity contribution in [1.29, 1.82) is 0 Å². The molecule has 0 amide bonds. The summed E-state index contributed by atoms with van der Waals surface area (Å²) in [5, 5.41) is 14.5. The molecule has 0 saturated carbocycles. The minimum absolute atomic E-state index is 0.0376. The Bertz CT molecular complexity index is 906. The standard InChI is InChI=1S/C27H37N3O3S/c1-22-19-29(30(24-11-7-4-8-12-24)25(26(31)32)13-18-34-2)21-27(33-22)14-16-28(17-15-27)20-23-9-5-3-6-10-23/h3-12,22,25H,13-21H2,1-2H3,(H,31,32)/t22?,25-/m0/s1. The second-order valence-corrected chi connectivity index (χ2v) is 10.5. The number of anilines is 1. The molecule has 2 aromatic rings. The monoisotopic (exact) mass is 483 g/mol. The highest BCUT2D eigenvalue weighted by Crippen LogP contribution is 2.35. The molecule has 2 atom stereocenters. The van der Waals surface area contributed by atoms with Crippen LogP contribution in [0.3, 0.4) is 0 Å². The zero-order valence-corrected chi connectivity index (χ0v) is 21.1. The van der Waals surface area contributed by atoms with Crippen LogP contribution in [0.15, 0.2) is 60.7 Å². The Kier molecular flexibility index (Phi) is 8.53. The predicted octanol–water partition coefficient (Wildman–Crippen LogP) is 4.37. The molecule has 0 bridgehead atoms. The van der Waals surface area contributed by atoms with Gasteiger partial charge in [0.1, 0.15) is 6.04 Å². The summed E-state index contributed by atoms with van der Waals surface area (Å²) >= 11 is 1.69. The lowest BCUT2D eigenvalue weighted by Gasteiger charge is -2.53. The lowest BCUT2D eigenvalue weighted by molar-refractivity contribution is -0.175. The first kappa shape index (κ1) is 25.0. The Hall–Kier alpha value is -2.06. The Morgan fingerprint density at radius 1 is 1.15 bits per heavy atom. The van der Waals surface area contributed by atoms with E-state index in [0.717, 1.165) is 43.9 Å². The number of ether oxygens (including phenoxy) is 1. The van der Waals surface area contributed by atoms with E-state index in [2.05, 4.69) is 47.2 Å². The van der Waals surface area contributed by atoms with Crippen LogP contribution in [-0.2, 0) is 16.1 Å². The van der Waals surface area contributed by atoms with Crippen LogP contribution in [-0.4, -0.2) is 76.9 Å². The fraction of sp³-hybridized carbons (Fsp3) is 0.519. The molecular formula is C27H37N3O3S. The minimum atomic E-state index is -0.774. The summed E-state index contributed by atoms with van der Waals surface area (Å²) in [7, 11) is 0. The van der Waals surface area contributed by atoms with E-state index in [1.807, 2.05) is 41.6 Å². The Balaban J connectivity index is 1.52. The summed E-state index contributed by atoms with van der Waals surface area (Å²) in [4.78, 5) is 14.9.